The van der Waals surface area contributed by atoms with E-state index in [9.17, 15) is 4.79 Å². The molecule has 0 aliphatic rings. The van der Waals surface area contributed by atoms with Gasteiger partial charge >= 0.3 is 0 Å². The zero-order valence-corrected chi connectivity index (χ0v) is 10.5. The number of aliphatic hydroxyl groups is 1. The SMILES string of the molecule is CC(C)N(CCO)CC(=O)N(C)C(C)C. The Balaban J connectivity index is 4.22. The van der Waals surface area contributed by atoms with Gasteiger partial charge < -0.3 is 10.0 Å². The fourth-order valence-electron chi connectivity index (χ4n) is 1.22. The molecule has 0 unspecified atom stereocenters. The summed E-state index contributed by atoms with van der Waals surface area (Å²) >= 11 is 0. The minimum absolute atomic E-state index is 0.0941. The maximum Gasteiger partial charge on any atom is 0.236 e. The molecule has 0 bridgehead atoms. The summed E-state index contributed by atoms with van der Waals surface area (Å²) in [6.07, 6.45) is 0. The van der Waals surface area contributed by atoms with Crippen molar-refractivity contribution in [3.8, 4) is 0 Å². The molecular formula is C11H24N2O2. The lowest BCUT2D eigenvalue weighted by atomic mass is 10.3. The first kappa shape index (κ1) is 14.4. The number of likely N-dealkylation sites (N-methyl/N-ethyl adjacent to an activating group) is 1. The van der Waals surface area contributed by atoms with Crippen LogP contribution in [0, 0.1) is 0 Å². The van der Waals surface area contributed by atoms with Gasteiger partial charge in [0.2, 0.25) is 5.91 Å². The first-order valence-corrected chi connectivity index (χ1v) is 5.50. The second-order valence-corrected chi connectivity index (χ2v) is 4.39. The molecule has 0 aromatic rings. The quantitative estimate of drug-likeness (QED) is 0.705. The molecule has 0 saturated heterocycles. The van der Waals surface area contributed by atoms with Gasteiger partial charge in [0, 0.05) is 25.7 Å². The Hall–Kier alpha value is -0.610. The van der Waals surface area contributed by atoms with Gasteiger partial charge in [0.05, 0.1) is 13.2 Å². The van der Waals surface area contributed by atoms with Crippen molar-refractivity contribution in [2.75, 3.05) is 26.7 Å². The molecule has 0 aromatic carbocycles. The van der Waals surface area contributed by atoms with Crippen LogP contribution in [0.1, 0.15) is 27.7 Å². The van der Waals surface area contributed by atoms with Crippen molar-refractivity contribution in [3.05, 3.63) is 0 Å². The summed E-state index contributed by atoms with van der Waals surface area (Å²) in [5.41, 5.74) is 0. The number of carbonyl (C=O) groups excluding carboxylic acids is 1. The van der Waals surface area contributed by atoms with Crippen LogP contribution in [0.4, 0.5) is 0 Å². The molecule has 15 heavy (non-hydrogen) atoms. The topological polar surface area (TPSA) is 43.8 Å². The van der Waals surface area contributed by atoms with Gasteiger partial charge in [-0.05, 0) is 27.7 Å². The number of hydrogen-bond acceptors (Lipinski definition) is 3. The van der Waals surface area contributed by atoms with Crippen LogP contribution in [0.3, 0.4) is 0 Å². The number of carbonyl (C=O) groups is 1. The Morgan fingerprint density at radius 3 is 2.07 bits per heavy atom. The molecule has 0 atom stereocenters. The van der Waals surface area contributed by atoms with Crippen LogP contribution in [0.2, 0.25) is 0 Å². The predicted octanol–water partition coefficient (Wildman–Crippen LogP) is 0.556. The second-order valence-electron chi connectivity index (χ2n) is 4.39. The van der Waals surface area contributed by atoms with E-state index >= 15 is 0 Å². The molecule has 1 N–H and O–H groups in total. The summed E-state index contributed by atoms with van der Waals surface area (Å²) in [6, 6.07) is 0.502. The van der Waals surface area contributed by atoms with Gasteiger partial charge in [0.1, 0.15) is 0 Å². The zero-order chi connectivity index (χ0) is 12.0. The Kier molecular flexibility index (Phi) is 6.52. The Morgan fingerprint density at radius 1 is 1.20 bits per heavy atom. The van der Waals surface area contributed by atoms with E-state index in [2.05, 4.69) is 0 Å². The van der Waals surface area contributed by atoms with Gasteiger partial charge in [-0.15, -0.1) is 0 Å². The highest BCUT2D eigenvalue weighted by Gasteiger charge is 2.17. The Morgan fingerprint density at radius 2 is 1.73 bits per heavy atom. The van der Waals surface area contributed by atoms with Crippen molar-refractivity contribution in [2.24, 2.45) is 0 Å². The lowest BCUT2D eigenvalue weighted by molar-refractivity contribution is -0.133. The number of nitrogens with zero attached hydrogens (tertiary/aromatic N) is 2. The lowest BCUT2D eigenvalue weighted by Gasteiger charge is -2.29. The third-order valence-corrected chi connectivity index (χ3v) is 2.62. The van der Waals surface area contributed by atoms with Crippen LogP contribution in [-0.4, -0.2) is 59.6 Å². The van der Waals surface area contributed by atoms with Crippen LogP contribution in [-0.2, 0) is 4.79 Å². The van der Waals surface area contributed by atoms with Gasteiger partial charge in [0.15, 0.2) is 0 Å². The number of amides is 1. The zero-order valence-electron chi connectivity index (χ0n) is 10.5. The van der Waals surface area contributed by atoms with E-state index in [4.69, 9.17) is 5.11 Å². The average Bonchev–Trinajstić information content (AvgIpc) is 2.15. The summed E-state index contributed by atoms with van der Waals surface area (Å²) < 4.78 is 0. The van der Waals surface area contributed by atoms with Crippen LogP contribution in [0.15, 0.2) is 0 Å². The molecule has 4 heteroatoms. The maximum atomic E-state index is 11.8. The molecule has 0 heterocycles. The number of hydrogen-bond donors (Lipinski definition) is 1. The molecule has 0 aliphatic carbocycles. The summed E-state index contributed by atoms with van der Waals surface area (Å²) in [7, 11) is 1.81. The smallest absolute Gasteiger partial charge is 0.236 e. The number of rotatable bonds is 6. The minimum Gasteiger partial charge on any atom is -0.395 e. The highest BCUT2D eigenvalue weighted by molar-refractivity contribution is 5.78. The highest BCUT2D eigenvalue weighted by atomic mass is 16.3. The Labute approximate surface area is 92.9 Å². The molecule has 0 aliphatic heterocycles. The third kappa shape index (κ3) is 5.14. The average molecular weight is 216 g/mol. The molecular weight excluding hydrogens is 192 g/mol. The predicted molar refractivity (Wildman–Crippen MR) is 61.7 cm³/mol. The van der Waals surface area contributed by atoms with E-state index in [0.29, 0.717) is 13.1 Å². The van der Waals surface area contributed by atoms with E-state index in [-0.39, 0.29) is 24.6 Å². The summed E-state index contributed by atoms with van der Waals surface area (Å²) in [5.74, 6) is 0.104. The normalized spacial score (nSPS) is 11.5. The summed E-state index contributed by atoms with van der Waals surface area (Å²) in [6.45, 7) is 9.06. The van der Waals surface area contributed by atoms with Gasteiger partial charge in [-0.1, -0.05) is 0 Å². The van der Waals surface area contributed by atoms with Crippen molar-refractivity contribution in [2.45, 2.75) is 39.8 Å². The van der Waals surface area contributed by atoms with Crippen molar-refractivity contribution < 1.29 is 9.90 Å². The van der Waals surface area contributed by atoms with Gasteiger partial charge in [-0.3, -0.25) is 9.69 Å². The first-order valence-electron chi connectivity index (χ1n) is 5.50. The van der Waals surface area contributed by atoms with Crippen molar-refractivity contribution in [3.63, 3.8) is 0 Å². The fraction of sp³-hybridized carbons (Fsp3) is 0.909. The summed E-state index contributed by atoms with van der Waals surface area (Å²) in [4.78, 5) is 15.5. The summed E-state index contributed by atoms with van der Waals surface area (Å²) in [5, 5.41) is 8.88. The van der Waals surface area contributed by atoms with Crippen molar-refractivity contribution in [1.82, 2.24) is 9.80 Å². The van der Waals surface area contributed by atoms with Crippen LogP contribution in [0.5, 0.6) is 0 Å². The molecule has 4 nitrogen and oxygen atoms in total. The second kappa shape index (κ2) is 6.80. The highest BCUT2D eigenvalue weighted by Crippen LogP contribution is 2.01. The van der Waals surface area contributed by atoms with Crippen LogP contribution < -0.4 is 0 Å². The van der Waals surface area contributed by atoms with Crippen LogP contribution in [0.25, 0.3) is 0 Å². The van der Waals surface area contributed by atoms with E-state index in [1.807, 2.05) is 39.6 Å². The largest absolute Gasteiger partial charge is 0.395 e. The molecule has 0 rings (SSSR count). The molecule has 0 spiro atoms. The third-order valence-electron chi connectivity index (χ3n) is 2.62. The van der Waals surface area contributed by atoms with E-state index in [1.165, 1.54) is 0 Å². The minimum atomic E-state index is 0.0941. The molecule has 1 amide bonds. The molecule has 0 saturated carbocycles. The van der Waals surface area contributed by atoms with Crippen molar-refractivity contribution in [1.29, 1.82) is 0 Å². The molecule has 0 aromatic heterocycles. The van der Waals surface area contributed by atoms with Gasteiger partial charge in [-0.25, -0.2) is 0 Å². The number of aliphatic hydroxyl groups excluding tert-OH is 1. The monoisotopic (exact) mass is 216 g/mol. The van der Waals surface area contributed by atoms with Crippen molar-refractivity contribution >= 4 is 5.91 Å². The van der Waals surface area contributed by atoms with E-state index in [1.54, 1.807) is 4.90 Å². The fourth-order valence-corrected chi connectivity index (χ4v) is 1.22. The van der Waals surface area contributed by atoms with Crippen LogP contribution >= 0.6 is 0 Å². The lowest BCUT2D eigenvalue weighted by Crippen LogP contribution is -2.44. The molecule has 0 radical (unpaired) electrons. The van der Waals surface area contributed by atoms with E-state index < -0.39 is 0 Å². The molecule has 90 valence electrons. The van der Waals surface area contributed by atoms with Gasteiger partial charge in [-0.2, -0.15) is 0 Å². The van der Waals surface area contributed by atoms with Gasteiger partial charge in [0.25, 0.3) is 0 Å². The standard InChI is InChI=1S/C11H24N2O2/c1-9(2)12(5)11(15)8-13(6-7-14)10(3)4/h9-10,14H,6-8H2,1-5H3. The molecule has 0 fully saturated rings. The first-order chi connectivity index (χ1) is 6.90. The Bertz CT molecular complexity index is 193. The van der Waals surface area contributed by atoms with E-state index in [0.717, 1.165) is 0 Å². The maximum absolute atomic E-state index is 11.8.